The largest absolute Gasteiger partial charge is 0.337 e. The van der Waals surface area contributed by atoms with Crippen molar-refractivity contribution >= 4 is 36.4 Å². The minimum Gasteiger partial charge on any atom is -0.337 e. The van der Waals surface area contributed by atoms with Crippen LogP contribution < -0.4 is 5.32 Å². The van der Waals surface area contributed by atoms with Gasteiger partial charge in [-0.05, 0) is 25.1 Å². The lowest BCUT2D eigenvalue weighted by Crippen LogP contribution is -2.17. The Bertz CT molecular complexity index is 471. The van der Waals surface area contributed by atoms with Gasteiger partial charge in [-0.3, -0.25) is 0 Å². The topological polar surface area (TPSA) is 29.9 Å². The van der Waals surface area contributed by atoms with E-state index < -0.39 is 0 Å². The number of benzene rings is 1. The summed E-state index contributed by atoms with van der Waals surface area (Å²) in [4.78, 5) is 3.97. The van der Waals surface area contributed by atoms with Crippen LogP contribution in [0.1, 0.15) is 12.0 Å². The van der Waals surface area contributed by atoms with Gasteiger partial charge in [-0.25, -0.2) is 9.37 Å². The zero-order valence-electron chi connectivity index (χ0n) is 10.8. The van der Waals surface area contributed by atoms with Gasteiger partial charge < -0.3 is 9.88 Å². The molecule has 0 saturated carbocycles. The van der Waals surface area contributed by atoms with Crippen molar-refractivity contribution in [3.63, 3.8) is 0 Å². The summed E-state index contributed by atoms with van der Waals surface area (Å²) in [6.45, 7) is 2.16. The first-order chi connectivity index (χ1) is 8.77. The van der Waals surface area contributed by atoms with Gasteiger partial charge in [0.25, 0.3) is 0 Å². The van der Waals surface area contributed by atoms with Crippen molar-refractivity contribution in [3.05, 3.63) is 53.3 Å². The maximum absolute atomic E-state index is 13.4. The number of halogens is 4. The van der Waals surface area contributed by atoms with Crippen molar-refractivity contribution in [2.24, 2.45) is 0 Å². The Morgan fingerprint density at radius 3 is 2.75 bits per heavy atom. The van der Waals surface area contributed by atoms with Crippen LogP contribution in [0.3, 0.4) is 0 Å². The van der Waals surface area contributed by atoms with Crippen LogP contribution in [0.4, 0.5) is 4.39 Å². The zero-order valence-corrected chi connectivity index (χ0v) is 13.1. The van der Waals surface area contributed by atoms with E-state index >= 15 is 0 Å². The van der Waals surface area contributed by atoms with Crippen molar-refractivity contribution < 1.29 is 4.39 Å². The van der Waals surface area contributed by atoms with E-state index in [2.05, 4.69) is 10.3 Å². The second-order valence-electron chi connectivity index (χ2n) is 4.03. The number of hydrogen-bond acceptors (Lipinski definition) is 2. The van der Waals surface area contributed by atoms with E-state index in [0.717, 1.165) is 19.5 Å². The van der Waals surface area contributed by atoms with Crippen LogP contribution in [0.5, 0.6) is 0 Å². The number of aromatic nitrogens is 2. The molecule has 0 aliphatic carbocycles. The van der Waals surface area contributed by atoms with Crippen molar-refractivity contribution in [3.8, 4) is 0 Å². The Morgan fingerprint density at radius 2 is 2.10 bits per heavy atom. The van der Waals surface area contributed by atoms with Gasteiger partial charge in [0.1, 0.15) is 5.82 Å². The number of imidazole rings is 1. The van der Waals surface area contributed by atoms with Crippen LogP contribution >= 0.6 is 36.4 Å². The molecule has 2 rings (SSSR count). The minimum absolute atomic E-state index is 0. The molecule has 1 aromatic heterocycles. The Morgan fingerprint density at radius 1 is 1.30 bits per heavy atom. The molecule has 1 N–H and O–H groups in total. The number of aryl methyl sites for hydroxylation is 1. The second-order valence-corrected chi connectivity index (χ2v) is 4.44. The highest BCUT2D eigenvalue weighted by Gasteiger charge is 2.05. The van der Waals surface area contributed by atoms with Crippen LogP contribution in [0.2, 0.25) is 5.02 Å². The fraction of sp³-hybridized carbons (Fsp3) is 0.308. The van der Waals surface area contributed by atoms with E-state index in [4.69, 9.17) is 11.6 Å². The summed E-state index contributed by atoms with van der Waals surface area (Å²) in [5, 5.41) is 3.66. The molecule has 0 amide bonds. The summed E-state index contributed by atoms with van der Waals surface area (Å²) in [6, 6.07) is 4.74. The van der Waals surface area contributed by atoms with Gasteiger partial charge in [-0.1, -0.05) is 17.7 Å². The van der Waals surface area contributed by atoms with E-state index in [1.54, 1.807) is 24.7 Å². The van der Waals surface area contributed by atoms with Crippen molar-refractivity contribution in [1.29, 1.82) is 0 Å². The number of rotatable bonds is 6. The second kappa shape index (κ2) is 10.00. The Hall–Kier alpha value is -0.810. The summed E-state index contributed by atoms with van der Waals surface area (Å²) in [5.41, 5.74) is 0.529. The Balaban J connectivity index is 0.00000180. The third-order valence-corrected chi connectivity index (χ3v) is 3.05. The standard InChI is InChI=1S/C13H15ClFN3.2ClH/c14-12-3-1-4-13(15)11(12)9-16-5-2-7-18-8-6-17-10-18;;/h1,3-4,6,8,10,16H,2,5,7,9H2;2*1H. The number of nitrogens with zero attached hydrogens (tertiary/aromatic N) is 2. The lowest BCUT2D eigenvalue weighted by atomic mass is 10.2. The molecule has 1 aromatic carbocycles. The molecule has 0 fully saturated rings. The van der Waals surface area contributed by atoms with E-state index in [9.17, 15) is 4.39 Å². The number of hydrogen-bond donors (Lipinski definition) is 1. The monoisotopic (exact) mass is 339 g/mol. The molecule has 20 heavy (non-hydrogen) atoms. The quantitative estimate of drug-likeness (QED) is 0.813. The van der Waals surface area contributed by atoms with Gasteiger partial charge in [-0.15, -0.1) is 24.8 Å². The molecule has 0 unspecified atom stereocenters. The molecule has 0 saturated heterocycles. The fourth-order valence-electron chi connectivity index (χ4n) is 1.72. The van der Waals surface area contributed by atoms with Gasteiger partial charge in [0.2, 0.25) is 0 Å². The molecular formula is C13H17Cl3FN3. The molecular weight excluding hydrogens is 324 g/mol. The smallest absolute Gasteiger partial charge is 0.129 e. The van der Waals surface area contributed by atoms with Crippen molar-refractivity contribution in [2.75, 3.05) is 6.54 Å². The predicted octanol–water partition coefficient (Wildman–Crippen LogP) is 3.70. The molecule has 0 spiro atoms. The van der Waals surface area contributed by atoms with E-state index in [0.29, 0.717) is 17.1 Å². The summed E-state index contributed by atoms with van der Waals surface area (Å²) >= 11 is 5.93. The molecule has 0 atom stereocenters. The molecule has 3 nitrogen and oxygen atoms in total. The van der Waals surface area contributed by atoms with Crippen LogP contribution in [-0.2, 0) is 13.1 Å². The van der Waals surface area contributed by atoms with Crippen molar-refractivity contribution in [2.45, 2.75) is 19.5 Å². The maximum Gasteiger partial charge on any atom is 0.129 e. The van der Waals surface area contributed by atoms with E-state index in [1.807, 2.05) is 10.8 Å². The maximum atomic E-state index is 13.4. The van der Waals surface area contributed by atoms with Crippen LogP contribution in [0.15, 0.2) is 36.9 Å². The molecule has 2 aromatic rings. The number of nitrogens with one attached hydrogen (secondary N) is 1. The summed E-state index contributed by atoms with van der Waals surface area (Å²) < 4.78 is 15.5. The van der Waals surface area contributed by atoms with Crippen molar-refractivity contribution in [1.82, 2.24) is 14.9 Å². The Labute approximate surface area is 135 Å². The first-order valence-corrected chi connectivity index (χ1v) is 6.24. The van der Waals surface area contributed by atoms with Crippen LogP contribution in [0, 0.1) is 5.82 Å². The van der Waals surface area contributed by atoms with Crippen LogP contribution in [0.25, 0.3) is 0 Å². The summed E-state index contributed by atoms with van der Waals surface area (Å²) in [6.07, 6.45) is 6.43. The zero-order chi connectivity index (χ0) is 12.8. The predicted molar refractivity (Wildman–Crippen MR) is 84.5 cm³/mol. The fourth-order valence-corrected chi connectivity index (χ4v) is 1.95. The highest BCUT2D eigenvalue weighted by atomic mass is 35.5. The first kappa shape index (κ1) is 19.2. The van der Waals surface area contributed by atoms with Gasteiger partial charge in [0, 0.05) is 36.1 Å². The average molecular weight is 341 g/mol. The lowest BCUT2D eigenvalue weighted by Gasteiger charge is -2.08. The highest BCUT2D eigenvalue weighted by molar-refractivity contribution is 6.31. The third kappa shape index (κ3) is 5.67. The van der Waals surface area contributed by atoms with Gasteiger partial charge in [0.15, 0.2) is 0 Å². The van der Waals surface area contributed by atoms with E-state index in [-0.39, 0.29) is 30.6 Å². The molecule has 0 aliphatic heterocycles. The first-order valence-electron chi connectivity index (χ1n) is 5.86. The summed E-state index contributed by atoms with van der Waals surface area (Å²) in [5.74, 6) is -0.260. The third-order valence-electron chi connectivity index (χ3n) is 2.69. The SMILES string of the molecule is Cl.Cl.Fc1cccc(Cl)c1CNCCCn1ccnc1. The summed E-state index contributed by atoms with van der Waals surface area (Å²) in [7, 11) is 0. The lowest BCUT2D eigenvalue weighted by molar-refractivity contribution is 0.558. The molecule has 112 valence electrons. The Kier molecular flexibility index (Phi) is 9.59. The molecule has 0 aliphatic rings. The van der Waals surface area contributed by atoms with Crippen LogP contribution in [-0.4, -0.2) is 16.1 Å². The molecule has 7 heteroatoms. The van der Waals surface area contributed by atoms with E-state index in [1.165, 1.54) is 6.07 Å². The molecule has 0 radical (unpaired) electrons. The normalized spacial score (nSPS) is 9.70. The average Bonchev–Trinajstić information content (AvgIpc) is 2.85. The van der Waals surface area contributed by atoms with Gasteiger partial charge >= 0.3 is 0 Å². The van der Waals surface area contributed by atoms with Gasteiger partial charge in [0.05, 0.1) is 6.33 Å². The molecule has 0 bridgehead atoms. The van der Waals surface area contributed by atoms with Gasteiger partial charge in [-0.2, -0.15) is 0 Å². The minimum atomic E-state index is -0.260. The molecule has 1 heterocycles. The highest BCUT2D eigenvalue weighted by Crippen LogP contribution is 2.18.